The molecule has 1 aromatic rings. The van der Waals surface area contributed by atoms with E-state index in [0.29, 0.717) is 11.4 Å². The zero-order chi connectivity index (χ0) is 12.0. The Morgan fingerprint density at radius 3 is 2.50 bits per heavy atom. The van der Waals surface area contributed by atoms with Crippen LogP contribution in [0, 0.1) is 0 Å². The van der Waals surface area contributed by atoms with Crippen molar-refractivity contribution in [3.63, 3.8) is 0 Å². The molecule has 7 nitrogen and oxygen atoms in total. The SMILES string of the molecule is CC(=O)Nc1ccc(OCON(O)O)cc1. The highest BCUT2D eigenvalue weighted by Crippen LogP contribution is 2.15. The lowest BCUT2D eigenvalue weighted by molar-refractivity contribution is -0.502. The highest BCUT2D eigenvalue weighted by molar-refractivity contribution is 5.88. The van der Waals surface area contributed by atoms with Gasteiger partial charge in [0.15, 0.2) is 0 Å². The third-order valence-corrected chi connectivity index (χ3v) is 1.57. The van der Waals surface area contributed by atoms with Crippen molar-refractivity contribution < 1.29 is 24.8 Å². The number of nitrogens with zero attached hydrogens (tertiary/aromatic N) is 1. The monoisotopic (exact) mass is 228 g/mol. The summed E-state index contributed by atoms with van der Waals surface area (Å²) in [6.45, 7) is 1.07. The highest BCUT2D eigenvalue weighted by Gasteiger charge is 1.98. The Hall–Kier alpha value is -1.67. The van der Waals surface area contributed by atoms with Crippen molar-refractivity contribution in [3.8, 4) is 5.75 Å². The zero-order valence-electron chi connectivity index (χ0n) is 8.58. The van der Waals surface area contributed by atoms with Gasteiger partial charge in [0.1, 0.15) is 5.75 Å². The van der Waals surface area contributed by atoms with Gasteiger partial charge in [-0.25, -0.2) is 4.84 Å². The molecular formula is C9H12N2O5. The van der Waals surface area contributed by atoms with Crippen LogP contribution in [0.1, 0.15) is 6.92 Å². The Labute approximate surface area is 91.7 Å². The van der Waals surface area contributed by atoms with E-state index in [9.17, 15) is 4.79 Å². The quantitative estimate of drug-likeness (QED) is 0.514. The van der Waals surface area contributed by atoms with Gasteiger partial charge in [-0.15, -0.1) is 0 Å². The van der Waals surface area contributed by atoms with E-state index in [1.807, 2.05) is 0 Å². The minimum absolute atomic E-state index is 0.159. The topological polar surface area (TPSA) is 91.3 Å². The second-order valence-corrected chi connectivity index (χ2v) is 2.85. The summed E-state index contributed by atoms with van der Waals surface area (Å²) in [4.78, 5) is 14.9. The fraction of sp³-hybridized carbons (Fsp3) is 0.222. The average Bonchev–Trinajstić information content (AvgIpc) is 2.19. The fourth-order valence-corrected chi connectivity index (χ4v) is 0.979. The minimum Gasteiger partial charge on any atom is -0.466 e. The molecule has 0 unspecified atom stereocenters. The number of hydrogen-bond acceptors (Lipinski definition) is 6. The summed E-state index contributed by atoms with van der Waals surface area (Å²) >= 11 is 0. The van der Waals surface area contributed by atoms with Crippen LogP contribution in [-0.4, -0.2) is 28.5 Å². The third kappa shape index (κ3) is 4.71. The van der Waals surface area contributed by atoms with Crippen LogP contribution in [0.5, 0.6) is 5.75 Å². The molecule has 0 aliphatic rings. The van der Waals surface area contributed by atoms with Crippen molar-refractivity contribution in [2.75, 3.05) is 12.1 Å². The standard InChI is InChI=1S/C9H12N2O5/c1-7(12)10-8-2-4-9(5-3-8)15-6-16-11(13)14/h2-5,13-14H,6H2,1H3,(H,10,12). The Balaban J connectivity index is 2.42. The van der Waals surface area contributed by atoms with Gasteiger partial charge in [-0.2, -0.15) is 0 Å². The van der Waals surface area contributed by atoms with Crippen molar-refractivity contribution in [2.45, 2.75) is 6.92 Å². The molecule has 1 rings (SSSR count). The molecule has 0 radical (unpaired) electrons. The van der Waals surface area contributed by atoms with Crippen molar-refractivity contribution >= 4 is 11.6 Å². The van der Waals surface area contributed by atoms with Gasteiger partial charge in [0.2, 0.25) is 12.7 Å². The lowest BCUT2D eigenvalue weighted by atomic mass is 10.3. The summed E-state index contributed by atoms with van der Waals surface area (Å²) < 4.78 is 4.98. The second-order valence-electron chi connectivity index (χ2n) is 2.85. The van der Waals surface area contributed by atoms with Crippen LogP contribution in [-0.2, 0) is 9.63 Å². The van der Waals surface area contributed by atoms with Crippen LogP contribution in [0.25, 0.3) is 0 Å². The number of ether oxygens (including phenoxy) is 1. The summed E-state index contributed by atoms with van der Waals surface area (Å²) in [6.07, 6.45) is 0. The summed E-state index contributed by atoms with van der Waals surface area (Å²) in [5, 5.41) is 18.6. The van der Waals surface area contributed by atoms with Gasteiger partial charge < -0.3 is 10.1 Å². The number of nitrogens with one attached hydrogen (secondary N) is 1. The third-order valence-electron chi connectivity index (χ3n) is 1.57. The van der Waals surface area contributed by atoms with Gasteiger partial charge in [0.05, 0.1) is 5.39 Å². The van der Waals surface area contributed by atoms with Gasteiger partial charge in [0.25, 0.3) is 0 Å². The molecule has 1 aromatic carbocycles. The van der Waals surface area contributed by atoms with Crippen LogP contribution in [0.15, 0.2) is 24.3 Å². The molecule has 0 spiro atoms. The van der Waals surface area contributed by atoms with E-state index in [2.05, 4.69) is 10.2 Å². The molecule has 1 amide bonds. The molecule has 0 aromatic heterocycles. The minimum atomic E-state index is -0.439. The van der Waals surface area contributed by atoms with Crippen LogP contribution in [0.2, 0.25) is 0 Å². The molecule has 0 saturated carbocycles. The molecule has 3 N–H and O–H groups in total. The average molecular weight is 228 g/mol. The highest BCUT2D eigenvalue weighted by atomic mass is 17.1. The summed E-state index contributed by atoms with van der Waals surface area (Å²) in [5.41, 5.74) is 0.645. The van der Waals surface area contributed by atoms with E-state index in [1.165, 1.54) is 6.92 Å². The first-order valence-corrected chi connectivity index (χ1v) is 4.39. The molecule has 16 heavy (non-hydrogen) atoms. The summed E-state index contributed by atoms with van der Waals surface area (Å²) in [7, 11) is 0. The maximum absolute atomic E-state index is 10.7. The molecule has 7 heteroatoms. The fourth-order valence-electron chi connectivity index (χ4n) is 0.979. The molecule has 0 saturated heterocycles. The number of amides is 1. The lowest BCUT2D eigenvalue weighted by Crippen LogP contribution is -2.17. The zero-order valence-corrected chi connectivity index (χ0v) is 8.58. The first-order chi connectivity index (χ1) is 7.58. The molecular weight excluding hydrogens is 216 g/mol. The molecule has 0 aliphatic carbocycles. The Morgan fingerprint density at radius 2 is 2.00 bits per heavy atom. The molecule has 0 atom stereocenters. The van der Waals surface area contributed by atoms with Crippen LogP contribution in [0.3, 0.4) is 0 Å². The van der Waals surface area contributed by atoms with Crippen molar-refractivity contribution in [2.24, 2.45) is 0 Å². The molecule has 0 heterocycles. The predicted molar refractivity (Wildman–Crippen MR) is 52.7 cm³/mol. The number of hydrogen-bond donors (Lipinski definition) is 3. The second kappa shape index (κ2) is 6.03. The van der Waals surface area contributed by atoms with E-state index in [0.717, 1.165) is 0 Å². The Kier molecular flexibility index (Phi) is 4.67. The van der Waals surface area contributed by atoms with E-state index in [1.54, 1.807) is 24.3 Å². The number of carbonyl (C=O) groups is 1. The van der Waals surface area contributed by atoms with Gasteiger partial charge >= 0.3 is 0 Å². The van der Waals surface area contributed by atoms with E-state index in [4.69, 9.17) is 15.2 Å². The van der Waals surface area contributed by atoms with Gasteiger partial charge in [-0.05, 0) is 24.3 Å². The van der Waals surface area contributed by atoms with E-state index >= 15 is 0 Å². The maximum atomic E-state index is 10.7. The summed E-state index contributed by atoms with van der Waals surface area (Å²) in [6, 6.07) is 6.50. The van der Waals surface area contributed by atoms with E-state index < -0.39 is 5.39 Å². The normalized spacial score (nSPS) is 10.2. The molecule has 88 valence electrons. The van der Waals surface area contributed by atoms with Gasteiger partial charge in [-0.3, -0.25) is 15.2 Å². The summed E-state index contributed by atoms with van der Waals surface area (Å²) in [5.74, 6) is 0.309. The largest absolute Gasteiger partial charge is 0.466 e. The maximum Gasteiger partial charge on any atom is 0.221 e. The van der Waals surface area contributed by atoms with Crippen molar-refractivity contribution in [1.82, 2.24) is 5.39 Å². The number of carbonyl (C=O) groups excluding carboxylic acids is 1. The van der Waals surface area contributed by atoms with Crippen LogP contribution < -0.4 is 10.1 Å². The number of anilines is 1. The van der Waals surface area contributed by atoms with Gasteiger partial charge in [0, 0.05) is 12.6 Å². The predicted octanol–water partition coefficient (Wildman–Crippen LogP) is 0.993. The molecule has 0 fully saturated rings. The van der Waals surface area contributed by atoms with Crippen molar-refractivity contribution in [1.29, 1.82) is 0 Å². The van der Waals surface area contributed by atoms with Gasteiger partial charge in [-0.1, -0.05) is 0 Å². The smallest absolute Gasteiger partial charge is 0.221 e. The first kappa shape index (κ1) is 12.4. The van der Waals surface area contributed by atoms with Crippen LogP contribution in [0.4, 0.5) is 5.69 Å². The molecule has 0 aliphatic heterocycles. The Bertz CT molecular complexity index is 338. The van der Waals surface area contributed by atoms with Crippen LogP contribution >= 0.6 is 0 Å². The molecule has 0 bridgehead atoms. The number of benzene rings is 1. The van der Waals surface area contributed by atoms with E-state index in [-0.39, 0.29) is 12.7 Å². The number of rotatable bonds is 5. The first-order valence-electron chi connectivity index (χ1n) is 4.39. The lowest BCUT2D eigenvalue weighted by Gasteiger charge is -2.08. The van der Waals surface area contributed by atoms with Crippen molar-refractivity contribution in [3.05, 3.63) is 24.3 Å². The Morgan fingerprint density at radius 1 is 1.38 bits per heavy atom.